The summed E-state index contributed by atoms with van der Waals surface area (Å²) in [5, 5.41) is 11.6. The van der Waals surface area contributed by atoms with Gasteiger partial charge in [0.1, 0.15) is 5.75 Å². The van der Waals surface area contributed by atoms with Gasteiger partial charge in [-0.1, -0.05) is 30.0 Å². The Morgan fingerprint density at radius 1 is 1.25 bits per heavy atom. The van der Waals surface area contributed by atoms with Gasteiger partial charge in [-0.15, -0.1) is 10.2 Å². The van der Waals surface area contributed by atoms with Crippen LogP contribution in [0.5, 0.6) is 5.75 Å². The monoisotopic (exact) mass is 342 g/mol. The fourth-order valence-electron chi connectivity index (χ4n) is 2.19. The summed E-state index contributed by atoms with van der Waals surface area (Å²) in [4.78, 5) is 12.3. The minimum Gasteiger partial charge on any atom is -0.497 e. The van der Waals surface area contributed by atoms with E-state index < -0.39 is 0 Å². The number of methoxy groups -OCH3 is 1. The highest BCUT2D eigenvalue weighted by atomic mass is 32.2. The predicted molar refractivity (Wildman–Crippen MR) is 93.1 cm³/mol. The van der Waals surface area contributed by atoms with E-state index in [1.165, 1.54) is 11.8 Å². The maximum absolute atomic E-state index is 12.3. The van der Waals surface area contributed by atoms with E-state index >= 15 is 0 Å². The SMILES string of the molecule is COc1ccc(CNC(=O)[C@H](C)Sc2nnc3ccccn23)cc1. The molecule has 0 unspecified atom stereocenters. The quantitative estimate of drug-likeness (QED) is 0.697. The standard InChI is InChI=1S/C17H18N4O2S/c1-12(24-17-20-19-15-5-3-4-10-21(15)17)16(22)18-11-13-6-8-14(23-2)9-7-13/h3-10,12H,11H2,1-2H3,(H,18,22)/t12-/m0/s1. The molecule has 1 atom stereocenters. The third-order valence-corrected chi connectivity index (χ3v) is 4.62. The highest BCUT2D eigenvalue weighted by Crippen LogP contribution is 2.22. The number of nitrogens with zero attached hydrogens (tertiary/aromatic N) is 3. The summed E-state index contributed by atoms with van der Waals surface area (Å²) in [5.74, 6) is 0.760. The van der Waals surface area contributed by atoms with Crippen LogP contribution in [-0.2, 0) is 11.3 Å². The van der Waals surface area contributed by atoms with Gasteiger partial charge in [-0.25, -0.2) is 0 Å². The van der Waals surface area contributed by atoms with Crippen LogP contribution in [0.15, 0.2) is 53.8 Å². The van der Waals surface area contributed by atoms with Crippen LogP contribution in [-0.4, -0.2) is 32.9 Å². The molecule has 2 aromatic heterocycles. The lowest BCUT2D eigenvalue weighted by atomic mass is 10.2. The summed E-state index contributed by atoms with van der Waals surface area (Å²) < 4.78 is 6.99. The van der Waals surface area contributed by atoms with Gasteiger partial charge in [0.05, 0.1) is 12.4 Å². The van der Waals surface area contributed by atoms with E-state index in [2.05, 4.69) is 15.5 Å². The van der Waals surface area contributed by atoms with Crippen molar-refractivity contribution in [3.63, 3.8) is 0 Å². The zero-order valence-electron chi connectivity index (χ0n) is 13.5. The van der Waals surface area contributed by atoms with Crippen molar-refractivity contribution >= 4 is 23.3 Å². The topological polar surface area (TPSA) is 68.5 Å². The maximum atomic E-state index is 12.3. The van der Waals surface area contributed by atoms with Crippen LogP contribution in [0.2, 0.25) is 0 Å². The number of amides is 1. The first-order chi connectivity index (χ1) is 11.7. The van der Waals surface area contributed by atoms with Gasteiger partial charge in [0.15, 0.2) is 10.8 Å². The van der Waals surface area contributed by atoms with Crippen molar-refractivity contribution in [2.75, 3.05) is 7.11 Å². The number of hydrogen-bond acceptors (Lipinski definition) is 5. The Bertz CT molecular complexity index is 832. The molecule has 1 N–H and O–H groups in total. The van der Waals surface area contributed by atoms with Gasteiger partial charge in [0.25, 0.3) is 0 Å². The lowest BCUT2D eigenvalue weighted by molar-refractivity contribution is -0.120. The molecule has 1 amide bonds. The van der Waals surface area contributed by atoms with Gasteiger partial charge >= 0.3 is 0 Å². The molecule has 2 heterocycles. The molecule has 0 saturated carbocycles. The number of pyridine rings is 1. The van der Waals surface area contributed by atoms with E-state index in [1.807, 2.05) is 60.0 Å². The lowest BCUT2D eigenvalue weighted by Gasteiger charge is -2.11. The molecule has 1 aromatic carbocycles. The Labute approximate surface area is 144 Å². The second kappa shape index (κ2) is 7.35. The van der Waals surface area contributed by atoms with Crippen molar-refractivity contribution in [3.8, 4) is 5.75 Å². The van der Waals surface area contributed by atoms with Crippen LogP contribution in [0.3, 0.4) is 0 Å². The first-order valence-electron chi connectivity index (χ1n) is 7.54. The van der Waals surface area contributed by atoms with Crippen LogP contribution in [0.1, 0.15) is 12.5 Å². The van der Waals surface area contributed by atoms with E-state index in [9.17, 15) is 4.79 Å². The average Bonchev–Trinajstić information content (AvgIpc) is 3.03. The third-order valence-electron chi connectivity index (χ3n) is 3.56. The van der Waals surface area contributed by atoms with Crippen LogP contribution >= 0.6 is 11.8 Å². The smallest absolute Gasteiger partial charge is 0.233 e. The second-order valence-corrected chi connectivity index (χ2v) is 6.55. The Morgan fingerprint density at radius 3 is 2.79 bits per heavy atom. The summed E-state index contributed by atoms with van der Waals surface area (Å²) in [7, 11) is 1.63. The maximum Gasteiger partial charge on any atom is 0.233 e. The number of fused-ring (bicyclic) bond motifs is 1. The van der Waals surface area contributed by atoms with Crippen molar-refractivity contribution in [1.82, 2.24) is 19.9 Å². The summed E-state index contributed by atoms with van der Waals surface area (Å²) in [6.45, 7) is 2.34. The van der Waals surface area contributed by atoms with Gasteiger partial charge in [0, 0.05) is 12.7 Å². The van der Waals surface area contributed by atoms with E-state index in [0.29, 0.717) is 11.7 Å². The van der Waals surface area contributed by atoms with Crippen molar-refractivity contribution < 1.29 is 9.53 Å². The molecule has 0 bridgehead atoms. The van der Waals surface area contributed by atoms with Crippen molar-refractivity contribution in [2.24, 2.45) is 0 Å². The lowest BCUT2D eigenvalue weighted by Crippen LogP contribution is -2.30. The number of thioether (sulfide) groups is 1. The number of rotatable bonds is 6. The highest BCUT2D eigenvalue weighted by molar-refractivity contribution is 8.00. The molecule has 7 heteroatoms. The van der Waals surface area contributed by atoms with Crippen LogP contribution < -0.4 is 10.1 Å². The van der Waals surface area contributed by atoms with Gasteiger partial charge in [-0.05, 0) is 36.8 Å². The molecule has 0 radical (unpaired) electrons. The van der Waals surface area contributed by atoms with Crippen LogP contribution in [0.25, 0.3) is 5.65 Å². The van der Waals surface area contributed by atoms with Gasteiger partial charge in [-0.3, -0.25) is 9.20 Å². The predicted octanol–water partition coefficient (Wildman–Crippen LogP) is 2.53. The van der Waals surface area contributed by atoms with E-state index in [0.717, 1.165) is 17.0 Å². The number of benzene rings is 1. The fourth-order valence-corrected chi connectivity index (χ4v) is 3.05. The molecule has 6 nitrogen and oxygen atoms in total. The average molecular weight is 342 g/mol. The zero-order valence-corrected chi connectivity index (χ0v) is 14.3. The third kappa shape index (κ3) is 3.68. The van der Waals surface area contributed by atoms with E-state index in [4.69, 9.17) is 4.74 Å². The molecular weight excluding hydrogens is 324 g/mol. The molecule has 3 aromatic rings. The largest absolute Gasteiger partial charge is 0.497 e. The van der Waals surface area contributed by atoms with Gasteiger partial charge < -0.3 is 10.1 Å². The molecule has 0 aliphatic heterocycles. The van der Waals surface area contributed by atoms with E-state index in [-0.39, 0.29) is 11.2 Å². The van der Waals surface area contributed by atoms with Crippen LogP contribution in [0, 0.1) is 0 Å². The summed E-state index contributed by atoms with van der Waals surface area (Å²) in [6.07, 6.45) is 1.89. The van der Waals surface area contributed by atoms with E-state index in [1.54, 1.807) is 7.11 Å². The first kappa shape index (κ1) is 16.3. The summed E-state index contributed by atoms with van der Waals surface area (Å²) in [5.41, 5.74) is 1.79. The van der Waals surface area contributed by atoms with Crippen molar-refractivity contribution in [3.05, 3.63) is 54.2 Å². The Morgan fingerprint density at radius 2 is 2.04 bits per heavy atom. The van der Waals surface area contributed by atoms with Crippen LogP contribution in [0.4, 0.5) is 0 Å². The number of ether oxygens (including phenoxy) is 1. The number of nitrogens with one attached hydrogen (secondary N) is 1. The Balaban J connectivity index is 1.58. The minimum atomic E-state index is -0.268. The fraction of sp³-hybridized carbons (Fsp3) is 0.235. The number of hydrogen-bond donors (Lipinski definition) is 1. The first-order valence-corrected chi connectivity index (χ1v) is 8.42. The minimum absolute atomic E-state index is 0.0384. The number of carbonyl (C=O) groups excluding carboxylic acids is 1. The molecule has 24 heavy (non-hydrogen) atoms. The molecule has 3 rings (SSSR count). The zero-order chi connectivity index (χ0) is 16.9. The summed E-state index contributed by atoms with van der Waals surface area (Å²) in [6, 6.07) is 13.3. The number of aromatic nitrogens is 3. The number of carbonyl (C=O) groups is 1. The summed E-state index contributed by atoms with van der Waals surface area (Å²) >= 11 is 1.39. The molecule has 0 aliphatic carbocycles. The Hall–Kier alpha value is -2.54. The van der Waals surface area contributed by atoms with Gasteiger partial charge in [-0.2, -0.15) is 0 Å². The molecule has 124 valence electrons. The highest BCUT2D eigenvalue weighted by Gasteiger charge is 2.17. The molecule has 0 spiro atoms. The molecule has 0 saturated heterocycles. The molecule has 0 fully saturated rings. The molecular formula is C17H18N4O2S. The van der Waals surface area contributed by atoms with Crippen molar-refractivity contribution in [1.29, 1.82) is 0 Å². The van der Waals surface area contributed by atoms with Crippen molar-refractivity contribution in [2.45, 2.75) is 23.9 Å². The Kier molecular flexibility index (Phi) is 5.00. The van der Waals surface area contributed by atoms with Gasteiger partial charge in [0.2, 0.25) is 5.91 Å². The molecule has 0 aliphatic rings. The second-order valence-electron chi connectivity index (χ2n) is 5.24. The normalized spacial score (nSPS) is 12.1.